The highest BCUT2D eigenvalue weighted by molar-refractivity contribution is 7.80. The molecule has 320 valence electrons. The van der Waals surface area contributed by atoms with Gasteiger partial charge in [-0.3, -0.25) is 9.35 Å². The van der Waals surface area contributed by atoms with E-state index in [4.69, 9.17) is 23.5 Å². The molecule has 1 rings (SSSR count). The number of esters is 1. The molecular formula is C42H74O12S. The molecule has 0 amide bonds. The number of hydrogen-bond donors (Lipinski definition) is 4. The number of aliphatic hydroxyl groups excluding tert-OH is 3. The van der Waals surface area contributed by atoms with E-state index in [-0.39, 0.29) is 19.6 Å². The average molecular weight is 803 g/mol. The number of ether oxygens (including phenoxy) is 4. The first-order valence-corrected chi connectivity index (χ1v) is 22.3. The van der Waals surface area contributed by atoms with Gasteiger partial charge in [-0.25, -0.2) is 4.18 Å². The number of aliphatic hydroxyl groups is 3. The van der Waals surface area contributed by atoms with Gasteiger partial charge in [-0.2, -0.15) is 8.42 Å². The highest BCUT2D eigenvalue weighted by atomic mass is 32.3. The maximum atomic E-state index is 12.7. The van der Waals surface area contributed by atoms with Gasteiger partial charge in [0.15, 0.2) is 6.29 Å². The van der Waals surface area contributed by atoms with Crippen molar-refractivity contribution in [2.75, 3.05) is 26.4 Å². The summed E-state index contributed by atoms with van der Waals surface area (Å²) in [7, 11) is -5.07. The Labute approximate surface area is 332 Å². The summed E-state index contributed by atoms with van der Waals surface area (Å²) in [6.45, 7) is 3.77. The van der Waals surface area contributed by atoms with Crippen LogP contribution in [-0.2, 0) is 38.3 Å². The lowest BCUT2D eigenvalue weighted by Crippen LogP contribution is -2.60. The monoisotopic (exact) mass is 802 g/mol. The Bertz CT molecular complexity index is 1160. The molecule has 0 saturated carbocycles. The Morgan fingerprint density at radius 3 is 1.73 bits per heavy atom. The second-order valence-electron chi connectivity index (χ2n) is 14.2. The van der Waals surface area contributed by atoms with E-state index in [1.807, 2.05) is 12.2 Å². The summed E-state index contributed by atoms with van der Waals surface area (Å²) in [5, 5.41) is 30.6. The number of hydrogen-bond acceptors (Lipinski definition) is 11. The fourth-order valence-electron chi connectivity index (χ4n) is 6.10. The summed E-state index contributed by atoms with van der Waals surface area (Å²) in [5.41, 5.74) is 0. The van der Waals surface area contributed by atoms with E-state index in [0.717, 1.165) is 44.9 Å². The molecule has 1 heterocycles. The Hall–Kier alpha value is -1.94. The molecule has 6 atom stereocenters. The maximum absolute atomic E-state index is 12.7. The van der Waals surface area contributed by atoms with E-state index in [1.165, 1.54) is 77.0 Å². The SMILES string of the molecule is CC/C=C\C/C=C\C/C=C\C/C=C\CCC(=O)OC(COCCCCCCCCCCCCCCCCC)COC1OC(CO)C(O)C(OS(=O)(=O)O)C1O. The first-order valence-electron chi connectivity index (χ1n) is 20.9. The van der Waals surface area contributed by atoms with Crippen molar-refractivity contribution in [3.8, 4) is 0 Å². The van der Waals surface area contributed by atoms with Crippen LogP contribution in [0.4, 0.5) is 0 Å². The maximum Gasteiger partial charge on any atom is 0.397 e. The van der Waals surface area contributed by atoms with Crippen molar-refractivity contribution in [1.82, 2.24) is 0 Å². The third kappa shape index (κ3) is 28.2. The molecule has 1 fully saturated rings. The average Bonchev–Trinajstić information content (AvgIpc) is 3.15. The minimum atomic E-state index is -5.07. The third-order valence-electron chi connectivity index (χ3n) is 9.23. The van der Waals surface area contributed by atoms with Crippen molar-refractivity contribution >= 4 is 16.4 Å². The third-order valence-corrected chi connectivity index (χ3v) is 9.69. The number of rotatable bonds is 35. The standard InChI is InChI=1S/C42H74O12S/c1-3-5-7-9-11-13-15-17-18-20-22-24-26-28-30-32-50-34-36(35-51-42-40(46)41(54-55(47,48)49)39(45)37(33-43)53-42)52-38(44)31-29-27-25-23-21-19-16-14-12-10-8-6-4-2/h6,8,12,14,19,21,25,27,36-37,39-43,45-46H,3-5,7,9-11,13,15-18,20,22-24,26,28-35H2,1-2H3,(H,47,48,49)/b8-6-,14-12-,21-19-,27-25-. The zero-order chi connectivity index (χ0) is 40.4. The normalized spacial score (nSPS) is 21.5. The molecule has 1 aliphatic rings. The highest BCUT2D eigenvalue weighted by Crippen LogP contribution is 2.26. The minimum Gasteiger partial charge on any atom is -0.457 e. The van der Waals surface area contributed by atoms with E-state index in [9.17, 15) is 28.5 Å². The molecule has 55 heavy (non-hydrogen) atoms. The lowest BCUT2D eigenvalue weighted by Gasteiger charge is -2.41. The quantitative estimate of drug-likeness (QED) is 0.0210. The van der Waals surface area contributed by atoms with Crippen LogP contribution in [0, 0.1) is 0 Å². The number of carbonyl (C=O) groups is 1. The Morgan fingerprint density at radius 2 is 1.22 bits per heavy atom. The zero-order valence-electron chi connectivity index (χ0n) is 33.7. The van der Waals surface area contributed by atoms with Gasteiger partial charge in [-0.1, -0.05) is 152 Å². The molecule has 4 N–H and O–H groups in total. The van der Waals surface area contributed by atoms with Gasteiger partial charge in [0, 0.05) is 13.0 Å². The predicted octanol–water partition coefficient (Wildman–Crippen LogP) is 8.02. The Morgan fingerprint density at radius 1 is 0.709 bits per heavy atom. The van der Waals surface area contributed by atoms with Crippen molar-refractivity contribution < 1.29 is 56.2 Å². The van der Waals surface area contributed by atoms with Gasteiger partial charge in [-0.15, -0.1) is 0 Å². The van der Waals surface area contributed by atoms with Gasteiger partial charge in [0.05, 0.1) is 19.8 Å². The summed E-state index contributed by atoms with van der Waals surface area (Å²) >= 11 is 0. The second kappa shape index (κ2) is 34.1. The summed E-state index contributed by atoms with van der Waals surface area (Å²) in [5.74, 6) is -0.479. The lowest BCUT2D eigenvalue weighted by atomic mass is 9.99. The number of unbranched alkanes of at least 4 members (excludes halogenated alkanes) is 14. The Balaban J connectivity index is 2.51. The summed E-state index contributed by atoms with van der Waals surface area (Å²) in [6.07, 6.45) is 30.3. The van der Waals surface area contributed by atoms with E-state index in [2.05, 4.69) is 54.5 Å². The molecule has 0 radical (unpaired) electrons. The van der Waals surface area contributed by atoms with Gasteiger partial charge < -0.3 is 34.3 Å². The van der Waals surface area contributed by atoms with Crippen molar-refractivity contribution in [2.24, 2.45) is 0 Å². The van der Waals surface area contributed by atoms with E-state index in [1.54, 1.807) is 0 Å². The van der Waals surface area contributed by atoms with Crippen molar-refractivity contribution in [3.05, 3.63) is 48.6 Å². The van der Waals surface area contributed by atoms with Crippen LogP contribution >= 0.6 is 0 Å². The van der Waals surface area contributed by atoms with Crippen LogP contribution in [0.5, 0.6) is 0 Å². The van der Waals surface area contributed by atoms with Crippen molar-refractivity contribution in [3.63, 3.8) is 0 Å². The molecule has 13 heteroatoms. The van der Waals surface area contributed by atoms with Crippen LogP contribution in [0.15, 0.2) is 48.6 Å². The van der Waals surface area contributed by atoms with Gasteiger partial charge in [0.1, 0.15) is 30.5 Å². The zero-order valence-corrected chi connectivity index (χ0v) is 34.5. The molecule has 0 aliphatic carbocycles. The lowest BCUT2D eigenvalue weighted by molar-refractivity contribution is -0.301. The van der Waals surface area contributed by atoms with Gasteiger partial charge in [0.2, 0.25) is 0 Å². The number of carbonyl (C=O) groups excluding carboxylic acids is 1. The summed E-state index contributed by atoms with van der Waals surface area (Å²) in [4.78, 5) is 12.7. The first-order chi connectivity index (χ1) is 26.6. The Kier molecular flexibility index (Phi) is 31.7. The van der Waals surface area contributed by atoms with Gasteiger partial charge in [0.25, 0.3) is 0 Å². The van der Waals surface area contributed by atoms with E-state index in [0.29, 0.717) is 13.0 Å². The van der Waals surface area contributed by atoms with Crippen LogP contribution in [0.25, 0.3) is 0 Å². The largest absolute Gasteiger partial charge is 0.457 e. The number of allylic oxidation sites excluding steroid dienone is 8. The molecule has 0 spiro atoms. The molecule has 0 aromatic heterocycles. The van der Waals surface area contributed by atoms with Crippen LogP contribution in [-0.4, -0.2) is 97.5 Å². The summed E-state index contributed by atoms with van der Waals surface area (Å²) in [6, 6.07) is 0. The molecule has 12 nitrogen and oxygen atoms in total. The molecule has 0 aromatic carbocycles. The van der Waals surface area contributed by atoms with Gasteiger partial charge >= 0.3 is 16.4 Å². The van der Waals surface area contributed by atoms with Crippen LogP contribution < -0.4 is 0 Å². The molecule has 6 unspecified atom stereocenters. The molecule has 0 bridgehead atoms. The fraction of sp³-hybridized carbons (Fsp3) is 0.786. The van der Waals surface area contributed by atoms with Crippen molar-refractivity contribution in [2.45, 2.75) is 185 Å². The minimum absolute atomic E-state index is 0.00807. The van der Waals surface area contributed by atoms with Crippen molar-refractivity contribution in [1.29, 1.82) is 0 Å². The highest BCUT2D eigenvalue weighted by Gasteiger charge is 2.48. The van der Waals surface area contributed by atoms with Crippen LogP contribution in [0.2, 0.25) is 0 Å². The molecular weight excluding hydrogens is 729 g/mol. The molecule has 0 aromatic rings. The van der Waals surface area contributed by atoms with E-state index < -0.39 is 59.8 Å². The topological polar surface area (TPSA) is 178 Å². The molecule has 1 aliphatic heterocycles. The van der Waals surface area contributed by atoms with E-state index >= 15 is 0 Å². The molecule has 1 saturated heterocycles. The van der Waals surface area contributed by atoms with Crippen LogP contribution in [0.1, 0.15) is 149 Å². The summed E-state index contributed by atoms with van der Waals surface area (Å²) < 4.78 is 58.8. The van der Waals surface area contributed by atoms with Crippen LogP contribution in [0.3, 0.4) is 0 Å². The smallest absolute Gasteiger partial charge is 0.397 e. The fourth-order valence-corrected chi connectivity index (χ4v) is 6.61. The second-order valence-corrected chi connectivity index (χ2v) is 15.3. The first kappa shape index (κ1) is 51.1. The predicted molar refractivity (Wildman–Crippen MR) is 216 cm³/mol. The van der Waals surface area contributed by atoms with Gasteiger partial charge in [-0.05, 0) is 38.5 Å².